The molecule has 3 heterocycles. The van der Waals surface area contributed by atoms with Crippen LogP contribution in [0.25, 0.3) is 21.8 Å². The molecule has 4 aromatic rings. The van der Waals surface area contributed by atoms with E-state index in [1.54, 1.807) is 0 Å². The van der Waals surface area contributed by atoms with Gasteiger partial charge in [-0.3, -0.25) is 0 Å². The Bertz CT molecular complexity index is 1010. The Labute approximate surface area is 168 Å². The average molecular weight is 474 g/mol. The predicted octanol–water partition coefficient (Wildman–Crippen LogP) is 5.15. The van der Waals surface area contributed by atoms with Crippen molar-refractivity contribution in [1.29, 1.82) is 0 Å². The van der Waals surface area contributed by atoms with Crippen LogP contribution in [0.3, 0.4) is 0 Å². The van der Waals surface area contributed by atoms with Crippen molar-refractivity contribution in [3.8, 4) is 0 Å². The van der Waals surface area contributed by atoms with Gasteiger partial charge in [0.1, 0.15) is 0 Å². The van der Waals surface area contributed by atoms with Gasteiger partial charge in [-0.25, -0.2) is 0 Å². The molecule has 4 N–H and O–H groups in total. The van der Waals surface area contributed by atoms with E-state index in [1.807, 2.05) is 0 Å². The molecule has 0 amide bonds. The third-order valence-electron chi connectivity index (χ3n) is 5.20. The molecule has 1 aliphatic rings. The first kappa shape index (κ1) is 16.6. The Hall–Kier alpha value is -1.60. The van der Waals surface area contributed by atoms with Gasteiger partial charge in [0, 0.05) is 68.3 Å². The number of aromatic amines is 2. The van der Waals surface area contributed by atoms with Gasteiger partial charge in [-0.1, -0.05) is 44.0 Å². The Balaban J connectivity index is 1.49. The summed E-state index contributed by atoms with van der Waals surface area (Å²) in [6.07, 6.45) is 4.26. The summed E-state index contributed by atoms with van der Waals surface area (Å²) >= 11 is 7.09. The van der Waals surface area contributed by atoms with Gasteiger partial charge < -0.3 is 20.6 Å². The summed E-state index contributed by atoms with van der Waals surface area (Å²) in [4.78, 5) is 6.81. The highest BCUT2D eigenvalue weighted by atomic mass is 79.9. The van der Waals surface area contributed by atoms with E-state index < -0.39 is 0 Å². The predicted molar refractivity (Wildman–Crippen MR) is 113 cm³/mol. The first-order valence-electron chi connectivity index (χ1n) is 8.69. The largest absolute Gasteiger partial charge is 0.361 e. The summed E-state index contributed by atoms with van der Waals surface area (Å²) in [5, 5.41) is 10.00. The number of aromatic nitrogens is 2. The summed E-state index contributed by atoms with van der Waals surface area (Å²) in [7, 11) is 0. The van der Waals surface area contributed by atoms with E-state index >= 15 is 0 Å². The van der Waals surface area contributed by atoms with E-state index in [1.165, 1.54) is 21.9 Å². The molecule has 2 unspecified atom stereocenters. The second kappa shape index (κ2) is 6.53. The Morgan fingerprint density at radius 2 is 1.23 bits per heavy atom. The van der Waals surface area contributed by atoms with E-state index in [9.17, 15) is 0 Å². The van der Waals surface area contributed by atoms with Crippen molar-refractivity contribution in [2.45, 2.75) is 12.1 Å². The zero-order valence-electron chi connectivity index (χ0n) is 13.9. The molecule has 1 saturated heterocycles. The maximum Gasteiger partial charge on any atom is 0.0473 e. The number of hydrogen-bond donors (Lipinski definition) is 4. The van der Waals surface area contributed by atoms with Crippen LogP contribution in [0.1, 0.15) is 23.2 Å². The molecule has 0 aliphatic carbocycles. The lowest BCUT2D eigenvalue weighted by atomic mass is 9.98. The standard InChI is InChI=1S/C20H18Br2N4/c21-11-1-3-13-15(7-24-17(13)5-11)19-9-23-10-20(26-19)16-8-25-18-6-12(22)2-4-14(16)18/h1-8,19-20,23-26H,9-10H2. The molecule has 4 nitrogen and oxygen atoms in total. The summed E-state index contributed by atoms with van der Waals surface area (Å²) in [5.41, 5.74) is 4.95. The molecule has 1 aliphatic heterocycles. The molecular weight excluding hydrogens is 456 g/mol. The Morgan fingerprint density at radius 1 is 0.731 bits per heavy atom. The van der Waals surface area contributed by atoms with Crippen molar-refractivity contribution < 1.29 is 0 Å². The van der Waals surface area contributed by atoms with Gasteiger partial charge in [0.25, 0.3) is 0 Å². The number of halogens is 2. The highest BCUT2D eigenvalue weighted by Gasteiger charge is 2.26. The minimum atomic E-state index is 0.268. The van der Waals surface area contributed by atoms with Crippen LogP contribution in [0.4, 0.5) is 0 Å². The number of fused-ring (bicyclic) bond motifs is 2. The fourth-order valence-electron chi connectivity index (χ4n) is 3.95. The van der Waals surface area contributed by atoms with Crippen molar-refractivity contribution in [3.05, 3.63) is 68.9 Å². The third-order valence-corrected chi connectivity index (χ3v) is 6.19. The molecule has 0 spiro atoms. The topological polar surface area (TPSA) is 55.6 Å². The van der Waals surface area contributed by atoms with E-state index in [0.717, 1.165) is 33.1 Å². The fraction of sp³-hybridized carbons (Fsp3) is 0.200. The second-order valence-corrected chi connectivity index (χ2v) is 8.63. The van der Waals surface area contributed by atoms with Gasteiger partial charge in [0.05, 0.1) is 0 Å². The van der Waals surface area contributed by atoms with Crippen molar-refractivity contribution >= 4 is 53.7 Å². The molecule has 26 heavy (non-hydrogen) atoms. The summed E-state index contributed by atoms with van der Waals surface area (Å²) in [6.45, 7) is 1.85. The SMILES string of the molecule is Brc1ccc2c(C3CNCC(c4c[nH]c5cc(Br)ccc45)N3)c[nH]c2c1. The third kappa shape index (κ3) is 2.81. The van der Waals surface area contributed by atoms with Gasteiger partial charge in [-0.05, 0) is 35.4 Å². The smallest absolute Gasteiger partial charge is 0.0473 e. The van der Waals surface area contributed by atoms with Crippen molar-refractivity contribution in [2.75, 3.05) is 13.1 Å². The molecule has 6 heteroatoms. The first-order valence-corrected chi connectivity index (χ1v) is 10.3. The summed E-state index contributed by atoms with van der Waals surface area (Å²) in [5.74, 6) is 0. The van der Waals surface area contributed by atoms with Gasteiger partial charge >= 0.3 is 0 Å². The summed E-state index contributed by atoms with van der Waals surface area (Å²) < 4.78 is 2.19. The summed E-state index contributed by atoms with van der Waals surface area (Å²) in [6, 6.07) is 13.4. The number of hydrogen-bond acceptors (Lipinski definition) is 2. The molecule has 2 aromatic heterocycles. The molecular formula is C20H18Br2N4. The van der Waals surface area contributed by atoms with Crippen LogP contribution < -0.4 is 10.6 Å². The van der Waals surface area contributed by atoms with Crippen LogP contribution in [0.5, 0.6) is 0 Å². The molecule has 2 atom stereocenters. The number of piperazine rings is 1. The Kier molecular flexibility index (Phi) is 4.16. The number of rotatable bonds is 2. The lowest BCUT2D eigenvalue weighted by molar-refractivity contribution is 0.352. The normalized spacial score (nSPS) is 20.8. The van der Waals surface area contributed by atoms with Crippen LogP contribution in [0, 0.1) is 0 Å². The van der Waals surface area contributed by atoms with Gasteiger partial charge in [-0.15, -0.1) is 0 Å². The Morgan fingerprint density at radius 3 is 1.73 bits per heavy atom. The molecule has 0 bridgehead atoms. The lowest BCUT2D eigenvalue weighted by Gasteiger charge is -2.32. The van der Waals surface area contributed by atoms with Gasteiger partial charge in [0.2, 0.25) is 0 Å². The van der Waals surface area contributed by atoms with Crippen LogP contribution in [0.2, 0.25) is 0 Å². The maximum absolute atomic E-state index is 3.85. The van der Waals surface area contributed by atoms with E-state index in [4.69, 9.17) is 0 Å². The zero-order chi connectivity index (χ0) is 17.7. The van der Waals surface area contributed by atoms with Crippen LogP contribution >= 0.6 is 31.9 Å². The minimum absolute atomic E-state index is 0.268. The van der Waals surface area contributed by atoms with Crippen LogP contribution in [0.15, 0.2) is 57.7 Å². The maximum atomic E-state index is 3.85. The number of H-pyrrole nitrogens is 2. The van der Waals surface area contributed by atoms with E-state index in [0.29, 0.717) is 0 Å². The van der Waals surface area contributed by atoms with Crippen LogP contribution in [-0.4, -0.2) is 23.1 Å². The highest BCUT2D eigenvalue weighted by Crippen LogP contribution is 2.32. The van der Waals surface area contributed by atoms with Crippen molar-refractivity contribution in [2.24, 2.45) is 0 Å². The molecule has 132 valence electrons. The molecule has 2 aromatic carbocycles. The molecule has 0 saturated carbocycles. The van der Waals surface area contributed by atoms with E-state index in [-0.39, 0.29) is 12.1 Å². The highest BCUT2D eigenvalue weighted by molar-refractivity contribution is 9.10. The van der Waals surface area contributed by atoms with Gasteiger partial charge in [-0.2, -0.15) is 0 Å². The monoisotopic (exact) mass is 472 g/mol. The minimum Gasteiger partial charge on any atom is -0.361 e. The molecule has 0 radical (unpaired) electrons. The number of benzene rings is 2. The quantitative estimate of drug-likeness (QED) is 0.325. The first-order chi connectivity index (χ1) is 12.7. The second-order valence-electron chi connectivity index (χ2n) is 6.80. The number of nitrogens with one attached hydrogen (secondary N) is 4. The van der Waals surface area contributed by atoms with Crippen molar-refractivity contribution in [1.82, 2.24) is 20.6 Å². The van der Waals surface area contributed by atoms with Crippen molar-refractivity contribution in [3.63, 3.8) is 0 Å². The fourth-order valence-corrected chi connectivity index (χ4v) is 4.67. The molecule has 5 rings (SSSR count). The van der Waals surface area contributed by atoms with Crippen LogP contribution in [-0.2, 0) is 0 Å². The average Bonchev–Trinajstić information content (AvgIpc) is 3.25. The molecule has 1 fully saturated rings. The van der Waals surface area contributed by atoms with E-state index in [2.05, 4.69) is 101 Å². The lowest BCUT2D eigenvalue weighted by Crippen LogP contribution is -2.45. The zero-order valence-corrected chi connectivity index (χ0v) is 17.1. The van der Waals surface area contributed by atoms with Gasteiger partial charge in [0.15, 0.2) is 0 Å².